The van der Waals surface area contributed by atoms with Gasteiger partial charge in [0, 0.05) is 30.4 Å². The Morgan fingerprint density at radius 3 is 2.28 bits per heavy atom. The molecule has 0 heterocycles. The summed E-state index contributed by atoms with van der Waals surface area (Å²) < 4.78 is 0.992. The molecule has 2 rings (SSSR count). The molecule has 29 heavy (non-hydrogen) atoms. The molecule has 0 aromatic heterocycles. The average molecular weight is 459 g/mol. The number of benzene rings is 2. The second kappa shape index (κ2) is 12.4. The van der Waals surface area contributed by atoms with E-state index in [1.54, 1.807) is 4.90 Å². The zero-order chi connectivity index (χ0) is 21.1. The highest BCUT2D eigenvalue weighted by Crippen LogP contribution is 2.18. The third-order valence-electron chi connectivity index (χ3n) is 4.83. The Morgan fingerprint density at radius 2 is 1.66 bits per heavy atom. The number of halogens is 1. The number of amides is 2. The lowest BCUT2D eigenvalue weighted by atomic mass is 10.0. The average Bonchev–Trinajstić information content (AvgIpc) is 2.73. The van der Waals surface area contributed by atoms with Gasteiger partial charge in [-0.2, -0.15) is 0 Å². The molecule has 0 aliphatic rings. The molecule has 0 aliphatic carbocycles. The van der Waals surface area contributed by atoms with Gasteiger partial charge in [0.25, 0.3) is 0 Å². The molecule has 5 heteroatoms. The van der Waals surface area contributed by atoms with Crippen molar-refractivity contribution < 1.29 is 9.59 Å². The first-order chi connectivity index (χ1) is 14.0. The van der Waals surface area contributed by atoms with Crippen LogP contribution in [-0.4, -0.2) is 29.3 Å². The zero-order valence-corrected chi connectivity index (χ0v) is 19.0. The van der Waals surface area contributed by atoms with E-state index in [0.717, 1.165) is 34.9 Å². The molecule has 0 saturated carbocycles. The van der Waals surface area contributed by atoms with E-state index in [-0.39, 0.29) is 11.8 Å². The van der Waals surface area contributed by atoms with Crippen molar-refractivity contribution >= 4 is 27.7 Å². The minimum atomic E-state index is -0.531. The lowest BCUT2D eigenvalue weighted by Gasteiger charge is -2.31. The van der Waals surface area contributed by atoms with Crippen LogP contribution in [0.4, 0.5) is 0 Å². The number of rotatable bonds is 11. The van der Waals surface area contributed by atoms with E-state index in [4.69, 9.17) is 0 Å². The minimum Gasteiger partial charge on any atom is -0.354 e. The van der Waals surface area contributed by atoms with Crippen LogP contribution in [0.15, 0.2) is 59.1 Å². The topological polar surface area (TPSA) is 49.4 Å². The molecule has 0 bridgehead atoms. The molecule has 0 spiro atoms. The molecule has 2 aromatic rings. The fraction of sp³-hybridized carbons (Fsp3) is 0.417. The third-order valence-corrected chi connectivity index (χ3v) is 5.36. The van der Waals surface area contributed by atoms with Crippen LogP contribution in [0.25, 0.3) is 0 Å². The van der Waals surface area contributed by atoms with Gasteiger partial charge in [-0.25, -0.2) is 0 Å². The lowest BCUT2D eigenvalue weighted by Crippen LogP contribution is -2.50. The van der Waals surface area contributed by atoms with Gasteiger partial charge in [0.15, 0.2) is 0 Å². The molecule has 0 aliphatic heterocycles. The number of hydrogen-bond acceptors (Lipinski definition) is 2. The van der Waals surface area contributed by atoms with Gasteiger partial charge < -0.3 is 10.2 Å². The maximum atomic E-state index is 13.1. The Kier molecular flexibility index (Phi) is 9.92. The van der Waals surface area contributed by atoms with Crippen molar-refractivity contribution in [1.82, 2.24) is 10.2 Å². The summed E-state index contributed by atoms with van der Waals surface area (Å²) in [5, 5.41) is 3.04. The molecule has 2 aromatic carbocycles. The Labute approximate surface area is 182 Å². The van der Waals surface area contributed by atoms with Crippen molar-refractivity contribution in [2.45, 2.75) is 58.5 Å². The van der Waals surface area contributed by atoms with Gasteiger partial charge in [-0.1, -0.05) is 78.7 Å². The monoisotopic (exact) mass is 458 g/mol. The van der Waals surface area contributed by atoms with Crippen LogP contribution in [0.5, 0.6) is 0 Å². The summed E-state index contributed by atoms with van der Waals surface area (Å²) >= 11 is 3.45. The Morgan fingerprint density at radius 1 is 0.966 bits per heavy atom. The first kappa shape index (κ1) is 23.1. The number of unbranched alkanes of at least 4 members (excludes halogenated alkanes) is 1. The van der Waals surface area contributed by atoms with Gasteiger partial charge in [-0.15, -0.1) is 0 Å². The fourth-order valence-corrected chi connectivity index (χ4v) is 3.47. The van der Waals surface area contributed by atoms with Gasteiger partial charge in [0.05, 0.1) is 0 Å². The second-order valence-corrected chi connectivity index (χ2v) is 8.16. The molecule has 0 radical (unpaired) electrons. The van der Waals surface area contributed by atoms with Crippen molar-refractivity contribution in [2.75, 3.05) is 6.54 Å². The number of nitrogens with one attached hydrogen (secondary N) is 1. The summed E-state index contributed by atoms with van der Waals surface area (Å²) in [5.74, 6) is -0.0640. The first-order valence-electron chi connectivity index (χ1n) is 10.4. The summed E-state index contributed by atoms with van der Waals surface area (Å²) in [6.45, 7) is 5.14. The van der Waals surface area contributed by atoms with E-state index >= 15 is 0 Å². The third kappa shape index (κ3) is 7.65. The number of carbonyl (C=O) groups excluding carboxylic acids is 2. The molecule has 0 saturated heterocycles. The van der Waals surface area contributed by atoms with Crippen LogP contribution in [0, 0.1) is 0 Å². The number of nitrogens with zero attached hydrogens (tertiary/aromatic N) is 1. The van der Waals surface area contributed by atoms with Crippen LogP contribution in [-0.2, 0) is 22.6 Å². The van der Waals surface area contributed by atoms with E-state index < -0.39 is 6.04 Å². The quantitative estimate of drug-likeness (QED) is 0.475. The SMILES string of the molecule is CCCCNC(=O)[C@H](Cc1ccccc1)N(Cc1ccc(Br)cc1)C(=O)CCC. The van der Waals surface area contributed by atoms with Crippen molar-refractivity contribution in [3.05, 3.63) is 70.2 Å². The van der Waals surface area contributed by atoms with Gasteiger partial charge in [-0.05, 0) is 36.1 Å². The van der Waals surface area contributed by atoms with Crippen LogP contribution < -0.4 is 5.32 Å². The molecule has 156 valence electrons. The van der Waals surface area contributed by atoms with E-state index in [1.807, 2.05) is 61.5 Å². The van der Waals surface area contributed by atoms with Crippen molar-refractivity contribution in [3.8, 4) is 0 Å². The molecule has 0 unspecified atom stereocenters. The first-order valence-corrected chi connectivity index (χ1v) is 11.2. The lowest BCUT2D eigenvalue weighted by molar-refractivity contribution is -0.141. The van der Waals surface area contributed by atoms with Gasteiger partial charge in [0.2, 0.25) is 11.8 Å². The van der Waals surface area contributed by atoms with Crippen LogP contribution in [0.1, 0.15) is 50.7 Å². The van der Waals surface area contributed by atoms with E-state index in [1.165, 1.54) is 0 Å². The molecule has 1 N–H and O–H groups in total. The summed E-state index contributed by atoms with van der Waals surface area (Å²) in [6.07, 6.45) is 3.64. The molecular formula is C24H31BrN2O2. The Bertz CT molecular complexity index is 762. The van der Waals surface area contributed by atoms with Gasteiger partial charge in [-0.3, -0.25) is 9.59 Å². The summed E-state index contributed by atoms with van der Waals surface area (Å²) in [4.78, 5) is 27.9. The maximum absolute atomic E-state index is 13.1. The highest BCUT2D eigenvalue weighted by Gasteiger charge is 2.29. The van der Waals surface area contributed by atoms with Crippen LogP contribution >= 0.6 is 15.9 Å². The van der Waals surface area contributed by atoms with E-state index in [0.29, 0.717) is 25.9 Å². The summed E-state index contributed by atoms with van der Waals surface area (Å²) in [7, 11) is 0. The van der Waals surface area contributed by atoms with Crippen molar-refractivity contribution in [3.63, 3.8) is 0 Å². The minimum absolute atomic E-state index is 0.0157. The van der Waals surface area contributed by atoms with Crippen molar-refractivity contribution in [2.24, 2.45) is 0 Å². The summed E-state index contributed by atoms with van der Waals surface area (Å²) in [5.41, 5.74) is 2.06. The standard InChI is InChI=1S/C24H31BrN2O2/c1-3-5-16-26-24(29)22(17-19-10-7-6-8-11-19)27(23(28)9-4-2)18-20-12-14-21(25)15-13-20/h6-8,10-15,22H,3-5,9,16-18H2,1-2H3,(H,26,29)/t22-/m0/s1. The highest BCUT2D eigenvalue weighted by molar-refractivity contribution is 9.10. The van der Waals surface area contributed by atoms with E-state index in [9.17, 15) is 9.59 Å². The maximum Gasteiger partial charge on any atom is 0.243 e. The normalized spacial score (nSPS) is 11.7. The molecule has 4 nitrogen and oxygen atoms in total. The molecular weight excluding hydrogens is 428 g/mol. The second-order valence-electron chi connectivity index (χ2n) is 7.25. The largest absolute Gasteiger partial charge is 0.354 e. The predicted molar refractivity (Wildman–Crippen MR) is 121 cm³/mol. The van der Waals surface area contributed by atoms with E-state index in [2.05, 4.69) is 28.2 Å². The van der Waals surface area contributed by atoms with Gasteiger partial charge in [0.1, 0.15) is 6.04 Å². The Hall–Kier alpha value is -2.14. The number of carbonyl (C=O) groups is 2. The molecule has 0 fully saturated rings. The number of hydrogen-bond donors (Lipinski definition) is 1. The molecule has 1 atom stereocenters. The highest BCUT2D eigenvalue weighted by atomic mass is 79.9. The summed E-state index contributed by atoms with van der Waals surface area (Å²) in [6, 6.07) is 17.3. The fourth-order valence-electron chi connectivity index (χ4n) is 3.20. The van der Waals surface area contributed by atoms with Crippen molar-refractivity contribution in [1.29, 1.82) is 0 Å². The predicted octanol–water partition coefficient (Wildman–Crippen LogP) is 5.11. The molecule has 2 amide bonds. The van der Waals surface area contributed by atoms with Crippen LogP contribution in [0.3, 0.4) is 0 Å². The zero-order valence-electron chi connectivity index (χ0n) is 17.4. The van der Waals surface area contributed by atoms with Crippen LogP contribution in [0.2, 0.25) is 0 Å². The smallest absolute Gasteiger partial charge is 0.243 e. The Balaban J connectivity index is 2.30. The van der Waals surface area contributed by atoms with Gasteiger partial charge >= 0.3 is 0 Å².